The van der Waals surface area contributed by atoms with Gasteiger partial charge in [0.2, 0.25) is 5.91 Å². The summed E-state index contributed by atoms with van der Waals surface area (Å²) in [6.45, 7) is 10.5. The van der Waals surface area contributed by atoms with Crippen molar-refractivity contribution in [3.63, 3.8) is 0 Å². The average Bonchev–Trinajstić information content (AvgIpc) is 3.49. The number of hydrogen-bond acceptors (Lipinski definition) is 9. The zero-order valence-electron chi connectivity index (χ0n) is 28.2. The normalized spacial score (nSPS) is 23.8. The first-order valence-corrected chi connectivity index (χ1v) is 16.3. The standard InChI is InChI=1S/C33H60N4O7/c1-9-21(4)29(36(6)32(40)28(34)20(2)3)26(43-7)19-27(38)37-17-13-16-25(37)30(44-8)22(5)31(39)35-24(33(41)42)18-23-14-11-10-12-15-23/h11,14-15,20-22,24-30,32,38,40H,9-10,12-13,16-19,34H2,1-8H3,(H,35,39)(H,41,42). The number of aliphatic hydroxyl groups is 2. The summed E-state index contributed by atoms with van der Waals surface area (Å²) in [6.07, 6.45) is 7.92. The van der Waals surface area contributed by atoms with Gasteiger partial charge in [0.1, 0.15) is 18.5 Å². The van der Waals surface area contributed by atoms with Gasteiger partial charge in [-0.2, -0.15) is 0 Å². The quantitative estimate of drug-likeness (QED) is 0.135. The number of rotatable bonds is 19. The summed E-state index contributed by atoms with van der Waals surface area (Å²) in [5, 5.41) is 35.2. The van der Waals surface area contributed by atoms with E-state index < -0.39 is 54.5 Å². The number of ether oxygens (including phenoxy) is 2. The van der Waals surface area contributed by atoms with Crippen LogP contribution in [0, 0.1) is 17.8 Å². The number of nitrogens with one attached hydrogen (secondary N) is 1. The molecule has 1 aliphatic heterocycles. The lowest BCUT2D eigenvalue weighted by Gasteiger charge is -2.44. The van der Waals surface area contributed by atoms with Crippen molar-refractivity contribution in [2.75, 3.05) is 27.8 Å². The molecule has 2 aliphatic rings. The number of carbonyl (C=O) groups is 2. The molecule has 0 aromatic rings. The van der Waals surface area contributed by atoms with Crippen molar-refractivity contribution in [2.24, 2.45) is 23.5 Å². The van der Waals surface area contributed by atoms with E-state index in [-0.39, 0.29) is 36.8 Å². The van der Waals surface area contributed by atoms with Crippen LogP contribution in [0.2, 0.25) is 0 Å². The second-order valence-electron chi connectivity index (χ2n) is 13.1. The number of amides is 1. The van der Waals surface area contributed by atoms with Crippen LogP contribution in [0.4, 0.5) is 0 Å². The summed E-state index contributed by atoms with van der Waals surface area (Å²) in [5.74, 6) is -1.89. The van der Waals surface area contributed by atoms with Crippen LogP contribution in [0.3, 0.4) is 0 Å². The second-order valence-corrected chi connectivity index (χ2v) is 13.1. The van der Waals surface area contributed by atoms with Crippen LogP contribution in [0.15, 0.2) is 23.8 Å². The highest BCUT2D eigenvalue weighted by Gasteiger charge is 2.43. The predicted octanol–water partition coefficient (Wildman–Crippen LogP) is 2.71. The molecule has 10 unspecified atom stereocenters. The molecule has 1 aliphatic carbocycles. The van der Waals surface area contributed by atoms with E-state index in [2.05, 4.69) is 19.2 Å². The molecular weight excluding hydrogens is 564 g/mol. The third-order valence-electron chi connectivity index (χ3n) is 9.76. The van der Waals surface area contributed by atoms with Gasteiger partial charge in [-0.15, -0.1) is 0 Å². The average molecular weight is 625 g/mol. The largest absolute Gasteiger partial charge is 0.480 e. The van der Waals surface area contributed by atoms with Gasteiger partial charge in [0.15, 0.2) is 0 Å². The Kier molecular flexibility index (Phi) is 16.0. The van der Waals surface area contributed by atoms with E-state index in [1.165, 1.54) is 0 Å². The molecule has 2 rings (SSSR count). The first-order valence-electron chi connectivity index (χ1n) is 16.3. The Bertz CT molecular complexity index is 960. The minimum atomic E-state index is -1.08. The lowest BCUT2D eigenvalue weighted by atomic mass is 9.89. The molecule has 1 fully saturated rings. The van der Waals surface area contributed by atoms with Gasteiger partial charge in [0.25, 0.3) is 0 Å². The van der Waals surface area contributed by atoms with Crippen LogP contribution < -0.4 is 11.1 Å². The fraction of sp³-hybridized carbons (Fsp3) is 0.818. The number of carboxylic acids is 1. The second kappa shape index (κ2) is 18.3. The number of methoxy groups -OCH3 is 2. The molecule has 0 aromatic heterocycles. The molecule has 11 heteroatoms. The molecule has 0 aromatic carbocycles. The topological polar surface area (TPSA) is 158 Å². The van der Waals surface area contributed by atoms with Gasteiger partial charge >= 0.3 is 5.97 Å². The van der Waals surface area contributed by atoms with Crippen molar-refractivity contribution in [2.45, 2.75) is 128 Å². The number of aliphatic carboxylic acids is 1. The number of allylic oxidation sites excluding steroid dienone is 3. The number of aliphatic hydroxyl groups excluding tert-OH is 2. The highest BCUT2D eigenvalue weighted by Crippen LogP contribution is 2.31. The first-order chi connectivity index (χ1) is 20.8. The van der Waals surface area contributed by atoms with Gasteiger partial charge in [-0.3, -0.25) is 14.6 Å². The number of carboxylic acid groups (broad SMARTS) is 1. The Morgan fingerprint density at radius 3 is 2.36 bits per heavy atom. The SMILES string of the molecule is CCC(C)C(C(CC(O)N1CCCC1C(OC)C(C)C(=O)NC(CC1=CCCC=C1)C(=O)O)OC)N(C)C(O)C(N)C(C)C. The molecule has 44 heavy (non-hydrogen) atoms. The minimum absolute atomic E-state index is 0.0825. The Labute approximate surface area is 264 Å². The third kappa shape index (κ3) is 10.1. The Morgan fingerprint density at radius 2 is 1.84 bits per heavy atom. The molecule has 1 amide bonds. The van der Waals surface area contributed by atoms with E-state index in [1.54, 1.807) is 21.1 Å². The summed E-state index contributed by atoms with van der Waals surface area (Å²) >= 11 is 0. The Morgan fingerprint density at radius 1 is 1.16 bits per heavy atom. The summed E-state index contributed by atoms with van der Waals surface area (Å²) in [5.41, 5.74) is 7.22. The van der Waals surface area contributed by atoms with E-state index in [9.17, 15) is 24.9 Å². The zero-order chi connectivity index (χ0) is 33.1. The van der Waals surface area contributed by atoms with Crippen molar-refractivity contribution < 1.29 is 34.4 Å². The fourth-order valence-electron chi connectivity index (χ4n) is 6.72. The van der Waals surface area contributed by atoms with Crippen LogP contribution in [0.1, 0.15) is 79.6 Å². The number of carbonyl (C=O) groups excluding carboxylic acids is 1. The lowest BCUT2D eigenvalue weighted by Crippen LogP contribution is -2.58. The first kappa shape index (κ1) is 38.3. The molecule has 6 N–H and O–H groups in total. The molecule has 1 heterocycles. The predicted molar refractivity (Wildman–Crippen MR) is 172 cm³/mol. The number of nitrogens with zero attached hydrogens (tertiary/aromatic N) is 2. The van der Waals surface area contributed by atoms with E-state index in [4.69, 9.17) is 15.2 Å². The molecule has 0 radical (unpaired) electrons. The van der Waals surface area contributed by atoms with Crippen molar-refractivity contribution in [3.05, 3.63) is 23.8 Å². The molecule has 0 bridgehead atoms. The summed E-state index contributed by atoms with van der Waals surface area (Å²) in [7, 11) is 5.03. The fourth-order valence-corrected chi connectivity index (χ4v) is 6.72. The van der Waals surface area contributed by atoms with Crippen LogP contribution in [0.25, 0.3) is 0 Å². The van der Waals surface area contributed by atoms with Crippen LogP contribution >= 0.6 is 0 Å². The van der Waals surface area contributed by atoms with Crippen molar-refractivity contribution in [1.29, 1.82) is 0 Å². The van der Waals surface area contributed by atoms with E-state index >= 15 is 0 Å². The van der Waals surface area contributed by atoms with Crippen LogP contribution in [-0.2, 0) is 19.1 Å². The molecule has 0 spiro atoms. The van der Waals surface area contributed by atoms with Gasteiger partial charge in [-0.05, 0) is 50.1 Å². The molecule has 254 valence electrons. The minimum Gasteiger partial charge on any atom is -0.480 e. The highest BCUT2D eigenvalue weighted by atomic mass is 16.5. The third-order valence-corrected chi connectivity index (χ3v) is 9.76. The maximum Gasteiger partial charge on any atom is 0.326 e. The van der Waals surface area contributed by atoms with Gasteiger partial charge < -0.3 is 35.8 Å². The van der Waals surface area contributed by atoms with Crippen molar-refractivity contribution in [1.82, 2.24) is 15.1 Å². The monoisotopic (exact) mass is 624 g/mol. The Balaban J connectivity index is 2.18. The lowest BCUT2D eigenvalue weighted by molar-refractivity contribution is -0.145. The number of nitrogens with two attached hydrogens (primary N) is 1. The van der Waals surface area contributed by atoms with Gasteiger partial charge in [0, 0.05) is 51.7 Å². The molecule has 1 saturated heterocycles. The van der Waals surface area contributed by atoms with Gasteiger partial charge in [-0.1, -0.05) is 59.3 Å². The Hall–Kier alpha value is -1.86. The van der Waals surface area contributed by atoms with E-state index in [0.717, 1.165) is 37.7 Å². The summed E-state index contributed by atoms with van der Waals surface area (Å²) in [6, 6.07) is -1.94. The molecule has 11 nitrogen and oxygen atoms in total. The number of likely N-dealkylation sites (tertiary alicyclic amines) is 1. The summed E-state index contributed by atoms with van der Waals surface area (Å²) in [4.78, 5) is 29.2. The van der Waals surface area contributed by atoms with Crippen molar-refractivity contribution >= 4 is 11.9 Å². The van der Waals surface area contributed by atoms with E-state index in [0.29, 0.717) is 6.54 Å². The maximum absolute atomic E-state index is 13.4. The highest BCUT2D eigenvalue weighted by molar-refractivity contribution is 5.85. The van der Waals surface area contributed by atoms with E-state index in [1.807, 2.05) is 48.9 Å². The smallest absolute Gasteiger partial charge is 0.326 e. The molecule has 0 saturated carbocycles. The molecule has 10 atom stereocenters. The van der Waals surface area contributed by atoms with Crippen LogP contribution in [0.5, 0.6) is 0 Å². The number of likely N-dealkylation sites (N-methyl/N-ethyl adjacent to an activating group) is 1. The molecular formula is C33H60N4O7. The van der Waals surface area contributed by atoms with Gasteiger partial charge in [0.05, 0.1) is 18.1 Å². The summed E-state index contributed by atoms with van der Waals surface area (Å²) < 4.78 is 11.8. The maximum atomic E-state index is 13.4. The van der Waals surface area contributed by atoms with Crippen molar-refractivity contribution in [3.8, 4) is 0 Å². The van der Waals surface area contributed by atoms with Crippen LogP contribution in [-0.4, -0.2) is 114 Å². The van der Waals surface area contributed by atoms with Gasteiger partial charge in [-0.25, -0.2) is 4.79 Å². The number of hydrogen-bond donors (Lipinski definition) is 5. The zero-order valence-corrected chi connectivity index (χ0v) is 28.2.